The molecule has 1 fully saturated rings. The molecule has 2 aromatic rings. The third-order valence-corrected chi connectivity index (χ3v) is 8.39. The molecule has 1 amide bonds. The van der Waals surface area contributed by atoms with Crippen LogP contribution in [-0.4, -0.2) is 66.7 Å². The Morgan fingerprint density at radius 2 is 1.62 bits per heavy atom. The SMILES string of the molecule is CC(C)(C)N1CCCN(C(=O)c2cccc(S(=O)(=O)N3CCc4ccccc4C3)c2)CC1. The quantitative estimate of drug-likeness (QED) is 0.712. The Labute approximate surface area is 191 Å². The van der Waals surface area contributed by atoms with Crippen molar-refractivity contribution in [3.63, 3.8) is 0 Å². The van der Waals surface area contributed by atoms with Gasteiger partial charge in [-0.1, -0.05) is 30.3 Å². The number of hydrogen-bond acceptors (Lipinski definition) is 4. The van der Waals surface area contributed by atoms with Gasteiger partial charge < -0.3 is 4.90 Å². The molecular weight excluding hydrogens is 422 g/mol. The Morgan fingerprint density at radius 1 is 0.875 bits per heavy atom. The number of carbonyl (C=O) groups is 1. The van der Waals surface area contributed by atoms with E-state index < -0.39 is 10.0 Å². The maximum Gasteiger partial charge on any atom is 0.253 e. The summed E-state index contributed by atoms with van der Waals surface area (Å²) in [5, 5.41) is 0. The fourth-order valence-electron chi connectivity index (χ4n) is 4.59. The van der Waals surface area contributed by atoms with Crippen molar-refractivity contribution in [1.29, 1.82) is 0 Å². The summed E-state index contributed by atoms with van der Waals surface area (Å²) >= 11 is 0. The minimum absolute atomic E-state index is 0.0696. The summed E-state index contributed by atoms with van der Waals surface area (Å²) < 4.78 is 28.2. The first-order chi connectivity index (χ1) is 15.2. The molecule has 0 unspecified atom stereocenters. The molecule has 2 aliphatic rings. The number of carbonyl (C=O) groups excluding carboxylic acids is 1. The van der Waals surface area contributed by atoms with Gasteiger partial charge in [-0.15, -0.1) is 0 Å². The van der Waals surface area contributed by atoms with Crippen molar-refractivity contribution in [2.24, 2.45) is 0 Å². The van der Waals surface area contributed by atoms with Gasteiger partial charge in [0.2, 0.25) is 10.0 Å². The predicted molar refractivity (Wildman–Crippen MR) is 126 cm³/mol. The molecule has 0 radical (unpaired) electrons. The molecule has 32 heavy (non-hydrogen) atoms. The number of amides is 1. The molecule has 7 heteroatoms. The van der Waals surface area contributed by atoms with Gasteiger partial charge in [-0.2, -0.15) is 4.31 Å². The summed E-state index contributed by atoms with van der Waals surface area (Å²) in [6, 6.07) is 14.5. The number of fused-ring (bicyclic) bond motifs is 1. The van der Waals surface area contributed by atoms with Crippen molar-refractivity contribution in [1.82, 2.24) is 14.1 Å². The molecule has 4 rings (SSSR count). The number of hydrogen-bond donors (Lipinski definition) is 0. The summed E-state index contributed by atoms with van der Waals surface area (Å²) in [5.41, 5.74) is 2.75. The highest BCUT2D eigenvalue weighted by Crippen LogP contribution is 2.26. The van der Waals surface area contributed by atoms with Gasteiger partial charge in [0.25, 0.3) is 5.91 Å². The van der Waals surface area contributed by atoms with Gasteiger partial charge in [0.15, 0.2) is 0 Å². The molecule has 0 atom stereocenters. The molecule has 0 spiro atoms. The molecule has 0 aromatic heterocycles. The van der Waals surface area contributed by atoms with E-state index in [9.17, 15) is 13.2 Å². The molecular formula is C25H33N3O3S. The second kappa shape index (κ2) is 8.96. The van der Waals surface area contributed by atoms with E-state index >= 15 is 0 Å². The lowest BCUT2D eigenvalue weighted by atomic mass is 10.0. The second-order valence-electron chi connectivity index (χ2n) is 9.69. The van der Waals surface area contributed by atoms with Crippen molar-refractivity contribution in [2.45, 2.75) is 50.6 Å². The van der Waals surface area contributed by atoms with Crippen LogP contribution in [0.5, 0.6) is 0 Å². The average molecular weight is 456 g/mol. The molecule has 0 aliphatic carbocycles. The van der Waals surface area contributed by atoms with Crippen LogP contribution in [0.1, 0.15) is 48.7 Å². The Bertz CT molecular complexity index is 1090. The van der Waals surface area contributed by atoms with E-state index in [2.05, 4.69) is 31.7 Å². The van der Waals surface area contributed by atoms with E-state index in [4.69, 9.17) is 0 Å². The predicted octanol–water partition coefficient (Wildman–Crippen LogP) is 3.38. The van der Waals surface area contributed by atoms with Crippen LogP contribution in [-0.2, 0) is 23.0 Å². The van der Waals surface area contributed by atoms with Crippen LogP contribution >= 0.6 is 0 Å². The first kappa shape index (κ1) is 23.0. The van der Waals surface area contributed by atoms with Gasteiger partial charge in [-0.25, -0.2) is 8.42 Å². The fraction of sp³-hybridized carbons (Fsp3) is 0.480. The largest absolute Gasteiger partial charge is 0.337 e. The van der Waals surface area contributed by atoms with Crippen molar-refractivity contribution >= 4 is 15.9 Å². The summed E-state index contributed by atoms with van der Waals surface area (Å²) in [7, 11) is -3.67. The Kier molecular flexibility index (Phi) is 6.43. The van der Waals surface area contributed by atoms with E-state index in [1.54, 1.807) is 24.3 Å². The maximum atomic E-state index is 13.4. The van der Waals surface area contributed by atoms with Gasteiger partial charge in [0, 0.05) is 50.4 Å². The van der Waals surface area contributed by atoms with Gasteiger partial charge >= 0.3 is 0 Å². The maximum absolute atomic E-state index is 13.4. The van der Waals surface area contributed by atoms with Crippen LogP contribution in [0.3, 0.4) is 0 Å². The van der Waals surface area contributed by atoms with Gasteiger partial charge in [0.1, 0.15) is 0 Å². The molecule has 0 bridgehead atoms. The number of rotatable bonds is 3. The number of sulfonamides is 1. The van der Waals surface area contributed by atoms with E-state index in [1.807, 2.05) is 23.1 Å². The van der Waals surface area contributed by atoms with Crippen LogP contribution in [0.15, 0.2) is 53.4 Å². The highest BCUT2D eigenvalue weighted by molar-refractivity contribution is 7.89. The van der Waals surface area contributed by atoms with Crippen LogP contribution in [0.25, 0.3) is 0 Å². The Balaban J connectivity index is 1.51. The van der Waals surface area contributed by atoms with Crippen LogP contribution in [0.2, 0.25) is 0 Å². The zero-order valence-electron chi connectivity index (χ0n) is 19.3. The second-order valence-corrected chi connectivity index (χ2v) is 11.6. The summed E-state index contributed by atoms with van der Waals surface area (Å²) in [4.78, 5) is 17.7. The fourth-order valence-corrected chi connectivity index (χ4v) is 6.05. The first-order valence-electron chi connectivity index (χ1n) is 11.4. The average Bonchev–Trinajstić information content (AvgIpc) is 3.05. The zero-order valence-corrected chi connectivity index (χ0v) is 20.1. The lowest BCUT2D eigenvalue weighted by molar-refractivity contribution is 0.0749. The molecule has 0 saturated carbocycles. The third-order valence-electron chi connectivity index (χ3n) is 6.55. The van der Waals surface area contributed by atoms with Crippen LogP contribution in [0.4, 0.5) is 0 Å². The van der Waals surface area contributed by atoms with Gasteiger partial charge in [-0.05, 0) is 62.9 Å². The lowest BCUT2D eigenvalue weighted by Gasteiger charge is -2.34. The highest BCUT2D eigenvalue weighted by atomic mass is 32.2. The van der Waals surface area contributed by atoms with Crippen LogP contribution in [0, 0.1) is 0 Å². The smallest absolute Gasteiger partial charge is 0.253 e. The summed E-state index contributed by atoms with van der Waals surface area (Å²) in [6.07, 6.45) is 1.61. The minimum Gasteiger partial charge on any atom is -0.337 e. The molecule has 2 aliphatic heterocycles. The topological polar surface area (TPSA) is 60.9 Å². The van der Waals surface area contributed by atoms with E-state index in [1.165, 1.54) is 9.87 Å². The van der Waals surface area contributed by atoms with Crippen molar-refractivity contribution in [2.75, 3.05) is 32.7 Å². The monoisotopic (exact) mass is 455 g/mol. The van der Waals surface area contributed by atoms with Crippen molar-refractivity contribution in [3.05, 3.63) is 65.2 Å². The van der Waals surface area contributed by atoms with Crippen LogP contribution < -0.4 is 0 Å². The molecule has 172 valence electrons. The minimum atomic E-state index is -3.67. The normalized spacial score (nSPS) is 18.8. The summed E-state index contributed by atoms with van der Waals surface area (Å²) in [6.45, 7) is 10.5. The molecule has 0 N–H and O–H groups in total. The Hall–Kier alpha value is -2.22. The first-order valence-corrected chi connectivity index (χ1v) is 12.8. The third kappa shape index (κ3) is 4.75. The van der Waals surface area contributed by atoms with E-state index in [-0.39, 0.29) is 16.3 Å². The molecule has 1 saturated heterocycles. The molecule has 2 heterocycles. The van der Waals surface area contributed by atoms with Crippen molar-refractivity contribution in [3.8, 4) is 0 Å². The van der Waals surface area contributed by atoms with Crippen molar-refractivity contribution < 1.29 is 13.2 Å². The zero-order chi connectivity index (χ0) is 22.9. The van der Waals surface area contributed by atoms with E-state index in [0.29, 0.717) is 38.2 Å². The van der Waals surface area contributed by atoms with Gasteiger partial charge in [0.05, 0.1) is 4.90 Å². The lowest BCUT2D eigenvalue weighted by Crippen LogP contribution is -2.44. The van der Waals surface area contributed by atoms with E-state index in [0.717, 1.165) is 25.1 Å². The molecule has 6 nitrogen and oxygen atoms in total. The number of nitrogens with zero attached hydrogens (tertiary/aromatic N) is 3. The van der Waals surface area contributed by atoms with Gasteiger partial charge in [-0.3, -0.25) is 9.69 Å². The number of benzene rings is 2. The Morgan fingerprint density at radius 3 is 2.38 bits per heavy atom. The highest BCUT2D eigenvalue weighted by Gasteiger charge is 2.30. The molecule has 2 aromatic carbocycles. The summed E-state index contributed by atoms with van der Waals surface area (Å²) in [5.74, 6) is -0.0956. The standard InChI is InChI=1S/C25H33N3O3S/c1-25(2,3)27-14-7-13-26(16-17-27)24(29)21-10-6-11-23(18-21)32(30,31)28-15-12-20-8-4-5-9-22(20)19-28/h4-6,8-11,18H,7,12-17,19H2,1-3H3.